The van der Waals surface area contributed by atoms with Crippen molar-refractivity contribution < 1.29 is 18.0 Å². The van der Waals surface area contributed by atoms with Crippen molar-refractivity contribution in [2.24, 2.45) is 0 Å². The van der Waals surface area contributed by atoms with Crippen molar-refractivity contribution in [3.63, 3.8) is 0 Å². The molecule has 1 amide bonds. The molecule has 2 rings (SSSR count). The van der Waals surface area contributed by atoms with Crippen LogP contribution in [0.15, 0.2) is 30.3 Å². The minimum Gasteiger partial charge on any atom is -0.356 e. The van der Waals surface area contributed by atoms with Crippen molar-refractivity contribution in [3.8, 4) is 11.3 Å². The number of aromatic amines is 1. The first-order chi connectivity index (χ1) is 9.89. The molecule has 0 aliphatic heterocycles. The molecule has 1 aromatic carbocycles. The molecule has 1 aromatic heterocycles. The Hall–Kier alpha value is -2.31. The van der Waals surface area contributed by atoms with Crippen LogP contribution in [0.2, 0.25) is 0 Å². The molecule has 1 heterocycles. The number of amides is 1. The van der Waals surface area contributed by atoms with Gasteiger partial charge in [-0.15, -0.1) is 0 Å². The first kappa shape index (κ1) is 15.1. The van der Waals surface area contributed by atoms with Crippen molar-refractivity contribution in [1.29, 1.82) is 0 Å². The molecule has 0 aliphatic carbocycles. The SMILES string of the molecule is CC(=O)NCCc1c(-c2ccccc2)n[nH]c1C(F)(F)F. The maximum absolute atomic E-state index is 13.0. The van der Waals surface area contributed by atoms with E-state index in [1.165, 1.54) is 6.92 Å². The molecule has 0 bridgehead atoms. The van der Waals surface area contributed by atoms with Gasteiger partial charge < -0.3 is 5.32 Å². The molecule has 0 aliphatic rings. The predicted octanol–water partition coefficient (Wildman–Crippen LogP) is 2.77. The minimum absolute atomic E-state index is 0.0507. The van der Waals surface area contributed by atoms with Gasteiger partial charge in [0, 0.05) is 24.6 Å². The zero-order chi connectivity index (χ0) is 15.5. The number of hydrogen-bond donors (Lipinski definition) is 2. The van der Waals surface area contributed by atoms with E-state index in [0.717, 1.165) is 0 Å². The van der Waals surface area contributed by atoms with E-state index in [1.54, 1.807) is 30.3 Å². The lowest BCUT2D eigenvalue weighted by Crippen LogP contribution is -2.23. The van der Waals surface area contributed by atoms with Crippen LogP contribution in [0.4, 0.5) is 13.2 Å². The molecular formula is C14H14F3N3O. The second-order valence-corrected chi connectivity index (χ2v) is 4.52. The van der Waals surface area contributed by atoms with E-state index in [2.05, 4.69) is 15.5 Å². The Bertz CT molecular complexity index is 620. The molecule has 7 heteroatoms. The smallest absolute Gasteiger partial charge is 0.356 e. The summed E-state index contributed by atoms with van der Waals surface area (Å²) in [7, 11) is 0. The third kappa shape index (κ3) is 3.62. The standard InChI is InChI=1S/C14H14F3N3O/c1-9(21)18-8-7-11-12(10-5-3-2-4-6-10)19-20-13(11)14(15,16)17/h2-6H,7-8H2,1H3,(H,18,21)(H,19,20). The van der Waals surface area contributed by atoms with Gasteiger partial charge in [-0.25, -0.2) is 0 Å². The molecule has 2 N–H and O–H groups in total. The molecule has 21 heavy (non-hydrogen) atoms. The molecule has 0 atom stereocenters. The van der Waals surface area contributed by atoms with Crippen molar-refractivity contribution in [3.05, 3.63) is 41.6 Å². The molecule has 0 spiro atoms. The van der Waals surface area contributed by atoms with Gasteiger partial charge in [0.15, 0.2) is 0 Å². The second kappa shape index (κ2) is 5.99. The number of nitrogens with zero attached hydrogens (tertiary/aromatic N) is 1. The Kier molecular flexibility index (Phi) is 4.30. The summed E-state index contributed by atoms with van der Waals surface area (Å²) in [4.78, 5) is 10.9. The number of halogens is 3. The summed E-state index contributed by atoms with van der Waals surface area (Å²) in [6.45, 7) is 1.44. The van der Waals surface area contributed by atoms with Crippen LogP contribution in [0.3, 0.4) is 0 Å². The number of benzene rings is 1. The lowest BCUT2D eigenvalue weighted by Gasteiger charge is -2.09. The Morgan fingerprint density at radius 3 is 2.52 bits per heavy atom. The van der Waals surface area contributed by atoms with E-state index in [4.69, 9.17) is 0 Å². The van der Waals surface area contributed by atoms with Crippen LogP contribution in [-0.2, 0) is 17.4 Å². The normalized spacial score (nSPS) is 11.4. The van der Waals surface area contributed by atoms with Gasteiger partial charge >= 0.3 is 6.18 Å². The van der Waals surface area contributed by atoms with Crippen LogP contribution in [0.25, 0.3) is 11.3 Å². The van der Waals surface area contributed by atoms with Crippen molar-refractivity contribution in [2.45, 2.75) is 19.5 Å². The van der Waals surface area contributed by atoms with E-state index in [1.807, 2.05) is 0 Å². The first-order valence-corrected chi connectivity index (χ1v) is 6.34. The number of alkyl halides is 3. The summed E-state index contributed by atoms with van der Waals surface area (Å²) < 4.78 is 39.0. The summed E-state index contributed by atoms with van der Waals surface area (Å²) >= 11 is 0. The molecule has 0 radical (unpaired) electrons. The number of H-pyrrole nitrogens is 1. The maximum atomic E-state index is 13.0. The summed E-state index contributed by atoms with van der Waals surface area (Å²) in [5, 5.41) is 8.35. The number of carbonyl (C=O) groups excluding carboxylic acids is 1. The van der Waals surface area contributed by atoms with Gasteiger partial charge in [-0.2, -0.15) is 18.3 Å². The molecule has 2 aromatic rings. The van der Waals surface area contributed by atoms with Gasteiger partial charge in [0.2, 0.25) is 5.91 Å². The summed E-state index contributed by atoms with van der Waals surface area (Å²) in [6.07, 6.45) is -4.46. The van der Waals surface area contributed by atoms with E-state index in [9.17, 15) is 18.0 Å². The van der Waals surface area contributed by atoms with Gasteiger partial charge in [0.25, 0.3) is 0 Å². The Labute approximate surface area is 119 Å². The largest absolute Gasteiger partial charge is 0.433 e. The number of nitrogens with one attached hydrogen (secondary N) is 2. The van der Waals surface area contributed by atoms with Gasteiger partial charge in [-0.1, -0.05) is 30.3 Å². The molecule has 0 fully saturated rings. The molecule has 0 saturated carbocycles. The Balaban J connectivity index is 2.37. The molecule has 112 valence electrons. The van der Waals surface area contributed by atoms with Crippen LogP contribution in [0.1, 0.15) is 18.2 Å². The van der Waals surface area contributed by atoms with Crippen LogP contribution >= 0.6 is 0 Å². The second-order valence-electron chi connectivity index (χ2n) is 4.52. The zero-order valence-electron chi connectivity index (χ0n) is 11.3. The highest BCUT2D eigenvalue weighted by Gasteiger charge is 2.37. The van der Waals surface area contributed by atoms with E-state index >= 15 is 0 Å². The van der Waals surface area contributed by atoms with E-state index in [0.29, 0.717) is 5.56 Å². The van der Waals surface area contributed by atoms with E-state index in [-0.39, 0.29) is 30.1 Å². The Morgan fingerprint density at radius 2 is 1.95 bits per heavy atom. The fourth-order valence-corrected chi connectivity index (χ4v) is 2.04. The van der Waals surface area contributed by atoms with Crippen molar-refractivity contribution >= 4 is 5.91 Å². The predicted molar refractivity (Wildman–Crippen MR) is 71.4 cm³/mol. The summed E-state index contributed by atoms with van der Waals surface area (Å²) in [5.41, 5.74) is 0.0458. The fourth-order valence-electron chi connectivity index (χ4n) is 2.04. The number of carbonyl (C=O) groups is 1. The molecule has 0 saturated heterocycles. The van der Waals surface area contributed by atoms with Crippen LogP contribution < -0.4 is 5.32 Å². The number of rotatable bonds is 4. The van der Waals surface area contributed by atoms with E-state index < -0.39 is 11.9 Å². The van der Waals surface area contributed by atoms with Gasteiger partial charge in [-0.05, 0) is 6.42 Å². The molecule has 0 unspecified atom stereocenters. The third-order valence-corrected chi connectivity index (χ3v) is 2.95. The summed E-state index contributed by atoms with van der Waals surface area (Å²) in [5.74, 6) is -0.284. The monoisotopic (exact) mass is 297 g/mol. The Morgan fingerprint density at radius 1 is 1.29 bits per heavy atom. The molecular weight excluding hydrogens is 283 g/mol. The topological polar surface area (TPSA) is 57.8 Å². The van der Waals surface area contributed by atoms with Gasteiger partial charge in [0.1, 0.15) is 5.69 Å². The average Bonchev–Trinajstić information content (AvgIpc) is 2.83. The summed E-state index contributed by atoms with van der Waals surface area (Å²) in [6, 6.07) is 8.62. The van der Waals surface area contributed by atoms with Crippen molar-refractivity contribution in [2.75, 3.05) is 6.54 Å². The lowest BCUT2D eigenvalue weighted by molar-refractivity contribution is -0.141. The highest BCUT2D eigenvalue weighted by molar-refractivity contribution is 5.73. The third-order valence-electron chi connectivity index (χ3n) is 2.95. The van der Waals surface area contributed by atoms with Crippen LogP contribution in [0, 0.1) is 0 Å². The van der Waals surface area contributed by atoms with Gasteiger partial charge in [-0.3, -0.25) is 9.89 Å². The quantitative estimate of drug-likeness (QED) is 0.911. The maximum Gasteiger partial charge on any atom is 0.433 e. The van der Waals surface area contributed by atoms with Gasteiger partial charge in [0.05, 0.1) is 5.69 Å². The number of aromatic nitrogens is 2. The van der Waals surface area contributed by atoms with Crippen molar-refractivity contribution in [1.82, 2.24) is 15.5 Å². The highest BCUT2D eigenvalue weighted by Crippen LogP contribution is 2.35. The number of hydrogen-bond acceptors (Lipinski definition) is 2. The lowest BCUT2D eigenvalue weighted by atomic mass is 10.0. The van der Waals surface area contributed by atoms with Crippen LogP contribution in [0.5, 0.6) is 0 Å². The fraction of sp³-hybridized carbons (Fsp3) is 0.286. The first-order valence-electron chi connectivity index (χ1n) is 6.34. The average molecular weight is 297 g/mol. The zero-order valence-corrected chi connectivity index (χ0v) is 11.3. The minimum atomic E-state index is -4.51. The van der Waals surface area contributed by atoms with Crippen LogP contribution in [-0.4, -0.2) is 22.6 Å². The molecule has 4 nitrogen and oxygen atoms in total. The highest BCUT2D eigenvalue weighted by atomic mass is 19.4.